The molecule has 1 radical (unpaired) electrons. The van der Waals surface area contributed by atoms with Crippen molar-refractivity contribution < 1.29 is 9.90 Å². The molecule has 0 unspecified atom stereocenters. The third-order valence-electron chi connectivity index (χ3n) is 3.00. The van der Waals surface area contributed by atoms with Crippen molar-refractivity contribution in [2.45, 2.75) is 19.8 Å². The van der Waals surface area contributed by atoms with Gasteiger partial charge in [-0.3, -0.25) is 4.79 Å². The van der Waals surface area contributed by atoms with Crippen molar-refractivity contribution in [3.63, 3.8) is 0 Å². The molecule has 103 valence electrons. The largest absolute Gasteiger partial charge is 0.367 e. The number of nitrogens with one attached hydrogen (secondary N) is 1. The number of rotatable bonds is 5. The molecule has 0 saturated carbocycles. The molecule has 2 N–H and O–H groups in total. The number of hydrogen-bond acceptors (Lipinski definition) is 2. The Bertz CT molecular complexity index is 549. The van der Waals surface area contributed by atoms with E-state index in [1.165, 1.54) is 0 Å². The zero-order valence-corrected chi connectivity index (χ0v) is 11.5. The minimum absolute atomic E-state index is 0.0182. The van der Waals surface area contributed by atoms with Crippen LogP contribution in [0.1, 0.15) is 30.1 Å². The lowest BCUT2D eigenvalue weighted by molar-refractivity contribution is 0.0907. The Hall–Kier alpha value is -2.13. The monoisotopic (exact) mass is 268 g/mol. The van der Waals surface area contributed by atoms with Gasteiger partial charge in [0.15, 0.2) is 6.23 Å². The summed E-state index contributed by atoms with van der Waals surface area (Å²) in [7, 11) is 0. The summed E-state index contributed by atoms with van der Waals surface area (Å²) in [6, 6.07) is 17.3. The third-order valence-corrected chi connectivity index (χ3v) is 3.00. The first-order valence-electron chi connectivity index (χ1n) is 6.72. The van der Waals surface area contributed by atoms with E-state index in [1.54, 1.807) is 12.1 Å². The predicted octanol–water partition coefficient (Wildman–Crippen LogP) is 3.75. The zero-order chi connectivity index (χ0) is 14.4. The summed E-state index contributed by atoms with van der Waals surface area (Å²) in [4.78, 5) is 11.9. The Balaban J connectivity index is 2.07. The van der Waals surface area contributed by atoms with E-state index in [4.69, 9.17) is 0 Å². The molecule has 0 aromatic heterocycles. The van der Waals surface area contributed by atoms with Gasteiger partial charge in [0.25, 0.3) is 5.91 Å². The van der Waals surface area contributed by atoms with Gasteiger partial charge < -0.3 is 10.4 Å². The normalized spacial score (nSPS) is 10.6. The molecule has 1 amide bonds. The summed E-state index contributed by atoms with van der Waals surface area (Å²) < 4.78 is 0. The number of carbonyl (C=O) groups is 1. The highest BCUT2D eigenvalue weighted by molar-refractivity contribution is 5.95. The van der Waals surface area contributed by atoms with Crippen LogP contribution >= 0.6 is 0 Å². The first-order valence-corrected chi connectivity index (χ1v) is 6.72. The summed E-state index contributed by atoms with van der Waals surface area (Å²) in [5.74, 6) is -0.282. The molecule has 2 rings (SSSR count). The number of amides is 1. The van der Waals surface area contributed by atoms with Crippen molar-refractivity contribution in [3.05, 3.63) is 66.4 Å². The zero-order valence-electron chi connectivity index (χ0n) is 11.5. The van der Waals surface area contributed by atoms with E-state index in [0.717, 1.165) is 17.5 Å². The maximum atomic E-state index is 11.9. The molecule has 0 fully saturated rings. The van der Waals surface area contributed by atoms with Crippen LogP contribution in [0.2, 0.25) is 0 Å². The molecular formula is C17H18NO2. The molecular weight excluding hydrogens is 250 g/mol. The molecule has 2 aromatic rings. The van der Waals surface area contributed by atoms with Gasteiger partial charge in [-0.15, -0.1) is 0 Å². The highest BCUT2D eigenvalue weighted by atomic mass is 16.3. The molecule has 0 atom stereocenters. The fraction of sp³-hybridized carbons (Fsp3) is 0.176. The minimum Gasteiger partial charge on any atom is -0.367 e. The maximum absolute atomic E-state index is 11.9. The van der Waals surface area contributed by atoms with Gasteiger partial charge in [-0.1, -0.05) is 55.8 Å². The highest BCUT2D eigenvalue weighted by Gasteiger charge is 2.11. The van der Waals surface area contributed by atoms with Crippen LogP contribution in [0.4, 0.5) is 0 Å². The maximum Gasteiger partial charge on any atom is 0.253 e. The average Bonchev–Trinajstić information content (AvgIpc) is 2.48. The summed E-state index contributed by atoms with van der Waals surface area (Å²) in [6.07, 6.45) is 1.29. The van der Waals surface area contributed by atoms with Gasteiger partial charge in [-0.05, 0) is 29.7 Å². The van der Waals surface area contributed by atoms with Gasteiger partial charge in [0, 0.05) is 5.56 Å². The molecule has 0 aliphatic carbocycles. The van der Waals surface area contributed by atoms with Gasteiger partial charge in [0.1, 0.15) is 0 Å². The van der Waals surface area contributed by atoms with Crippen LogP contribution < -0.4 is 5.32 Å². The van der Waals surface area contributed by atoms with Gasteiger partial charge >= 0.3 is 0 Å². The Morgan fingerprint density at radius 2 is 1.60 bits per heavy atom. The van der Waals surface area contributed by atoms with Crippen molar-refractivity contribution in [1.82, 2.24) is 5.32 Å². The summed E-state index contributed by atoms with van der Waals surface area (Å²) in [5, 5.41) is 12.0. The fourth-order valence-electron chi connectivity index (χ4n) is 1.95. The molecule has 3 heteroatoms. The van der Waals surface area contributed by atoms with Gasteiger partial charge in [-0.2, -0.15) is 0 Å². The van der Waals surface area contributed by atoms with Crippen molar-refractivity contribution in [2.75, 3.05) is 0 Å². The molecule has 0 saturated heterocycles. The van der Waals surface area contributed by atoms with Crippen molar-refractivity contribution in [1.29, 1.82) is 0 Å². The SMILES string of the molecule is CCC[C](O)NC(=O)c1ccc(-c2ccccc2)cc1. The molecule has 0 aliphatic heterocycles. The average molecular weight is 268 g/mol. The lowest BCUT2D eigenvalue weighted by Gasteiger charge is -2.10. The predicted molar refractivity (Wildman–Crippen MR) is 79.4 cm³/mol. The lowest BCUT2D eigenvalue weighted by Crippen LogP contribution is -2.28. The van der Waals surface area contributed by atoms with Crippen molar-refractivity contribution in [2.24, 2.45) is 0 Å². The van der Waals surface area contributed by atoms with E-state index in [-0.39, 0.29) is 12.1 Å². The van der Waals surface area contributed by atoms with Crippen LogP contribution in [0.3, 0.4) is 0 Å². The van der Waals surface area contributed by atoms with Gasteiger partial charge in [0.05, 0.1) is 0 Å². The smallest absolute Gasteiger partial charge is 0.253 e. The van der Waals surface area contributed by atoms with Crippen LogP contribution in [0.15, 0.2) is 54.6 Å². The van der Waals surface area contributed by atoms with Crippen LogP contribution in [-0.2, 0) is 0 Å². The van der Waals surface area contributed by atoms with Crippen LogP contribution in [0, 0.1) is 6.23 Å². The molecule has 2 aromatic carbocycles. The number of carbonyl (C=O) groups excluding carboxylic acids is 1. The van der Waals surface area contributed by atoms with E-state index in [0.29, 0.717) is 12.0 Å². The lowest BCUT2D eigenvalue weighted by atomic mass is 10.0. The van der Waals surface area contributed by atoms with Crippen LogP contribution in [0.5, 0.6) is 0 Å². The molecule has 0 aliphatic rings. The summed E-state index contributed by atoms with van der Waals surface area (Å²) in [5.41, 5.74) is 2.70. The Kier molecular flexibility index (Phi) is 4.91. The third kappa shape index (κ3) is 3.68. The number of benzene rings is 2. The van der Waals surface area contributed by atoms with E-state index in [1.807, 2.05) is 49.4 Å². The second kappa shape index (κ2) is 6.87. The Morgan fingerprint density at radius 1 is 1.00 bits per heavy atom. The molecule has 0 bridgehead atoms. The van der Waals surface area contributed by atoms with Crippen molar-refractivity contribution in [3.8, 4) is 11.1 Å². The Morgan fingerprint density at radius 3 is 2.20 bits per heavy atom. The fourth-order valence-corrected chi connectivity index (χ4v) is 1.95. The second-order valence-corrected chi connectivity index (χ2v) is 4.59. The molecule has 0 heterocycles. The van der Waals surface area contributed by atoms with Gasteiger partial charge in [-0.25, -0.2) is 0 Å². The number of aliphatic hydroxyl groups is 1. The molecule has 20 heavy (non-hydrogen) atoms. The van der Waals surface area contributed by atoms with E-state index >= 15 is 0 Å². The molecule has 3 nitrogen and oxygen atoms in total. The molecule has 0 spiro atoms. The highest BCUT2D eigenvalue weighted by Crippen LogP contribution is 2.19. The summed E-state index contributed by atoms with van der Waals surface area (Å²) >= 11 is 0. The minimum atomic E-state index is -0.282. The van der Waals surface area contributed by atoms with Crippen molar-refractivity contribution >= 4 is 5.91 Å². The first kappa shape index (κ1) is 14.3. The topological polar surface area (TPSA) is 49.3 Å². The number of aliphatic hydroxyl groups excluding tert-OH is 1. The quantitative estimate of drug-likeness (QED) is 0.867. The Labute approximate surface area is 119 Å². The summed E-state index contributed by atoms with van der Waals surface area (Å²) in [6.45, 7) is 1.94. The van der Waals surface area contributed by atoms with Gasteiger partial charge in [0.2, 0.25) is 0 Å². The standard InChI is InChI=1S/C17H18NO2/c1-2-6-16(19)18-17(20)15-11-9-14(10-12-15)13-7-4-3-5-8-13/h3-5,7-12,19H,2,6H2,1H3,(H,18,20). The van der Waals surface area contributed by atoms with Crippen LogP contribution in [-0.4, -0.2) is 11.0 Å². The van der Waals surface area contributed by atoms with E-state index in [2.05, 4.69) is 5.32 Å². The van der Waals surface area contributed by atoms with E-state index < -0.39 is 0 Å². The first-order chi connectivity index (χ1) is 9.70. The number of hydrogen-bond donors (Lipinski definition) is 2. The van der Waals surface area contributed by atoms with E-state index in [9.17, 15) is 9.90 Å². The van der Waals surface area contributed by atoms with Crippen LogP contribution in [0.25, 0.3) is 11.1 Å². The second-order valence-electron chi connectivity index (χ2n) is 4.59.